The zero-order chi connectivity index (χ0) is 13.9. The van der Waals surface area contributed by atoms with E-state index in [4.69, 9.17) is 16.3 Å². The van der Waals surface area contributed by atoms with Crippen molar-refractivity contribution in [1.29, 1.82) is 0 Å². The molecule has 0 aliphatic carbocycles. The minimum atomic E-state index is 0.00313. The Morgan fingerprint density at radius 3 is 2.85 bits per heavy atom. The Hall–Kier alpha value is -2.55. The van der Waals surface area contributed by atoms with E-state index in [1.54, 1.807) is 17.1 Å². The second kappa shape index (κ2) is 5.21. The summed E-state index contributed by atoms with van der Waals surface area (Å²) in [5, 5.41) is 8.00. The molecule has 0 fully saturated rings. The summed E-state index contributed by atoms with van der Waals surface area (Å²) in [5.41, 5.74) is 0. The molecular formula is C10H9ClN8O. The van der Waals surface area contributed by atoms with Gasteiger partial charge in [-0.15, -0.1) is 0 Å². The Kier molecular flexibility index (Phi) is 3.25. The van der Waals surface area contributed by atoms with Gasteiger partial charge in [0, 0.05) is 6.54 Å². The minimum absolute atomic E-state index is 0.00313. The summed E-state index contributed by atoms with van der Waals surface area (Å²) in [6.07, 6.45) is 6.11. The van der Waals surface area contributed by atoms with Gasteiger partial charge in [0.05, 0.1) is 12.4 Å². The van der Waals surface area contributed by atoms with Gasteiger partial charge < -0.3 is 4.74 Å². The molecule has 3 aromatic rings. The highest BCUT2D eigenvalue weighted by atomic mass is 35.5. The summed E-state index contributed by atoms with van der Waals surface area (Å²) < 4.78 is 8.56. The number of halogens is 1. The van der Waals surface area contributed by atoms with E-state index in [2.05, 4.69) is 30.1 Å². The number of ether oxygens (including phenoxy) is 1. The quantitative estimate of drug-likeness (QED) is 0.710. The van der Waals surface area contributed by atoms with Gasteiger partial charge in [0.1, 0.15) is 12.7 Å². The lowest BCUT2D eigenvalue weighted by Gasteiger charge is -2.03. The van der Waals surface area contributed by atoms with E-state index in [1.165, 1.54) is 17.3 Å². The van der Waals surface area contributed by atoms with Crippen molar-refractivity contribution in [2.24, 2.45) is 0 Å². The highest BCUT2D eigenvalue weighted by Gasteiger charge is 2.10. The Morgan fingerprint density at radius 2 is 2.15 bits per heavy atom. The zero-order valence-corrected chi connectivity index (χ0v) is 11.1. The standard InChI is InChI=1S/C10H9ClN8O/c1-2-18-4-7(3-13-18)20-10-16-8(11)15-9(17-10)19-6-12-5-14-19/h3-6H,2H2,1H3. The van der Waals surface area contributed by atoms with Crippen LogP contribution in [0.2, 0.25) is 5.28 Å². The van der Waals surface area contributed by atoms with Gasteiger partial charge in [0.2, 0.25) is 5.28 Å². The van der Waals surface area contributed by atoms with Crippen molar-refractivity contribution in [2.45, 2.75) is 13.5 Å². The molecule has 20 heavy (non-hydrogen) atoms. The molecule has 0 saturated carbocycles. The first-order chi connectivity index (χ1) is 9.74. The van der Waals surface area contributed by atoms with E-state index >= 15 is 0 Å². The number of nitrogens with zero attached hydrogens (tertiary/aromatic N) is 8. The second-order valence-corrected chi connectivity index (χ2v) is 4.00. The first-order valence-corrected chi connectivity index (χ1v) is 6.09. The highest BCUT2D eigenvalue weighted by molar-refractivity contribution is 6.28. The molecule has 0 unspecified atom stereocenters. The molecule has 0 atom stereocenters. The predicted molar refractivity (Wildman–Crippen MR) is 67.7 cm³/mol. The Bertz CT molecular complexity index is 710. The van der Waals surface area contributed by atoms with Crippen LogP contribution in [0.5, 0.6) is 11.8 Å². The molecule has 0 spiro atoms. The van der Waals surface area contributed by atoms with E-state index < -0.39 is 0 Å². The monoisotopic (exact) mass is 292 g/mol. The van der Waals surface area contributed by atoms with Gasteiger partial charge in [-0.1, -0.05) is 0 Å². The molecular weight excluding hydrogens is 284 g/mol. The Labute approximate surface area is 118 Å². The Balaban J connectivity index is 1.90. The average Bonchev–Trinajstić information content (AvgIpc) is 3.09. The predicted octanol–water partition coefficient (Wildman–Crippen LogP) is 1.11. The largest absolute Gasteiger partial charge is 0.421 e. The van der Waals surface area contributed by atoms with Crippen LogP contribution in [0.25, 0.3) is 5.95 Å². The SMILES string of the molecule is CCn1cc(Oc2nc(Cl)nc(-n3cncn3)n2)cn1. The molecule has 0 aliphatic rings. The fourth-order valence-corrected chi connectivity index (χ4v) is 1.61. The summed E-state index contributed by atoms with van der Waals surface area (Å²) in [7, 11) is 0. The maximum atomic E-state index is 5.84. The third kappa shape index (κ3) is 2.57. The first-order valence-electron chi connectivity index (χ1n) is 5.71. The van der Waals surface area contributed by atoms with Crippen LogP contribution in [0.15, 0.2) is 25.0 Å². The van der Waals surface area contributed by atoms with Crippen LogP contribution in [0, 0.1) is 0 Å². The summed E-state index contributed by atoms with van der Waals surface area (Å²) in [6, 6.07) is 0.0613. The van der Waals surface area contributed by atoms with E-state index in [9.17, 15) is 0 Å². The van der Waals surface area contributed by atoms with Crippen LogP contribution in [0.3, 0.4) is 0 Å². The molecule has 0 aliphatic heterocycles. The summed E-state index contributed by atoms with van der Waals surface area (Å²) in [5.74, 6) is 0.735. The highest BCUT2D eigenvalue weighted by Crippen LogP contribution is 2.18. The number of aryl methyl sites for hydroxylation is 1. The van der Waals surface area contributed by atoms with E-state index in [-0.39, 0.29) is 17.2 Å². The summed E-state index contributed by atoms with van der Waals surface area (Å²) >= 11 is 5.84. The van der Waals surface area contributed by atoms with Gasteiger partial charge in [0.15, 0.2) is 5.75 Å². The number of hydrogen-bond donors (Lipinski definition) is 0. The molecule has 9 nitrogen and oxygen atoms in total. The third-order valence-corrected chi connectivity index (χ3v) is 2.51. The molecule has 0 bridgehead atoms. The lowest BCUT2D eigenvalue weighted by molar-refractivity contribution is 0.436. The van der Waals surface area contributed by atoms with Crippen molar-refractivity contribution in [2.75, 3.05) is 0 Å². The first kappa shape index (κ1) is 12.5. The van der Waals surface area contributed by atoms with Crippen LogP contribution in [-0.4, -0.2) is 39.5 Å². The summed E-state index contributed by atoms with van der Waals surface area (Å²) in [6.45, 7) is 2.71. The van der Waals surface area contributed by atoms with Crippen molar-refractivity contribution in [3.05, 3.63) is 30.3 Å². The van der Waals surface area contributed by atoms with Crippen LogP contribution < -0.4 is 4.74 Å². The van der Waals surface area contributed by atoms with Crippen molar-refractivity contribution < 1.29 is 4.74 Å². The maximum absolute atomic E-state index is 5.84. The molecule has 0 aromatic carbocycles. The van der Waals surface area contributed by atoms with Crippen LogP contribution in [0.1, 0.15) is 6.92 Å². The van der Waals surface area contributed by atoms with Crippen molar-refractivity contribution in [1.82, 2.24) is 39.5 Å². The van der Waals surface area contributed by atoms with Gasteiger partial charge in [-0.2, -0.15) is 29.8 Å². The van der Waals surface area contributed by atoms with Gasteiger partial charge in [-0.25, -0.2) is 4.98 Å². The van der Waals surface area contributed by atoms with Crippen molar-refractivity contribution in [3.63, 3.8) is 0 Å². The summed E-state index contributed by atoms with van der Waals surface area (Å²) in [4.78, 5) is 15.8. The van der Waals surface area contributed by atoms with Crippen LogP contribution >= 0.6 is 11.6 Å². The molecule has 3 heterocycles. The fourth-order valence-electron chi connectivity index (χ4n) is 1.46. The molecule has 10 heteroatoms. The molecule has 0 amide bonds. The maximum Gasteiger partial charge on any atom is 0.328 e. The van der Waals surface area contributed by atoms with E-state index in [0.29, 0.717) is 5.75 Å². The molecule has 0 radical (unpaired) electrons. The van der Waals surface area contributed by atoms with Crippen LogP contribution in [0.4, 0.5) is 0 Å². The third-order valence-electron chi connectivity index (χ3n) is 2.34. The second-order valence-electron chi connectivity index (χ2n) is 3.66. The van der Waals surface area contributed by atoms with Crippen molar-refractivity contribution >= 4 is 11.6 Å². The van der Waals surface area contributed by atoms with E-state index in [0.717, 1.165) is 6.54 Å². The molecule has 3 rings (SSSR count). The zero-order valence-electron chi connectivity index (χ0n) is 10.4. The minimum Gasteiger partial charge on any atom is -0.421 e. The van der Waals surface area contributed by atoms with Gasteiger partial charge in [-0.05, 0) is 18.5 Å². The lowest BCUT2D eigenvalue weighted by atomic mass is 10.6. The smallest absolute Gasteiger partial charge is 0.328 e. The molecule has 0 N–H and O–H groups in total. The van der Waals surface area contributed by atoms with E-state index in [1.807, 2.05) is 6.92 Å². The van der Waals surface area contributed by atoms with Gasteiger partial charge in [-0.3, -0.25) is 4.68 Å². The topological polar surface area (TPSA) is 96.4 Å². The number of aromatic nitrogens is 8. The normalized spacial score (nSPS) is 10.7. The van der Waals surface area contributed by atoms with Crippen molar-refractivity contribution in [3.8, 4) is 17.7 Å². The molecule has 3 aromatic heterocycles. The van der Waals surface area contributed by atoms with Crippen LogP contribution in [-0.2, 0) is 6.54 Å². The molecule has 0 saturated heterocycles. The van der Waals surface area contributed by atoms with Gasteiger partial charge >= 0.3 is 6.01 Å². The number of rotatable bonds is 4. The van der Waals surface area contributed by atoms with Gasteiger partial charge in [0.25, 0.3) is 5.95 Å². The Morgan fingerprint density at radius 1 is 1.25 bits per heavy atom. The average molecular weight is 293 g/mol. The number of hydrogen-bond acceptors (Lipinski definition) is 7. The molecule has 102 valence electrons. The fraction of sp³-hybridized carbons (Fsp3) is 0.200. The lowest BCUT2D eigenvalue weighted by Crippen LogP contribution is -2.05.